The fourth-order valence-electron chi connectivity index (χ4n) is 5.49. The SMILES string of the molecule is CC(=O)NC(CF)(c1ccc(CN2CCC3(CC2)OCc2cc(F)ncc23)cc1)c1ccc(F)c(F)c1. The number of fused-ring (bicyclic) bond motifs is 2. The van der Waals surface area contributed by atoms with Crippen LogP contribution in [0.15, 0.2) is 54.7 Å². The number of pyridine rings is 1. The van der Waals surface area contributed by atoms with E-state index in [2.05, 4.69) is 15.2 Å². The number of hydrogen-bond acceptors (Lipinski definition) is 4. The average molecular weight is 514 g/mol. The minimum absolute atomic E-state index is 0.115. The zero-order valence-corrected chi connectivity index (χ0v) is 20.4. The largest absolute Gasteiger partial charge is 0.365 e. The Morgan fingerprint density at radius 1 is 1.05 bits per heavy atom. The topological polar surface area (TPSA) is 54.5 Å². The summed E-state index contributed by atoms with van der Waals surface area (Å²) in [6, 6.07) is 11.7. The Morgan fingerprint density at radius 3 is 2.41 bits per heavy atom. The summed E-state index contributed by atoms with van der Waals surface area (Å²) in [5, 5.41) is 2.61. The van der Waals surface area contributed by atoms with Crippen LogP contribution in [0.4, 0.5) is 17.6 Å². The lowest BCUT2D eigenvalue weighted by Gasteiger charge is -2.39. The molecule has 0 radical (unpaired) electrons. The van der Waals surface area contributed by atoms with E-state index in [0.717, 1.165) is 54.8 Å². The number of halogens is 4. The number of nitrogens with one attached hydrogen (secondary N) is 1. The van der Waals surface area contributed by atoms with E-state index in [1.165, 1.54) is 19.1 Å². The molecule has 2 aliphatic rings. The van der Waals surface area contributed by atoms with Gasteiger partial charge >= 0.3 is 0 Å². The number of rotatable bonds is 6. The summed E-state index contributed by atoms with van der Waals surface area (Å²) in [4.78, 5) is 18.1. The van der Waals surface area contributed by atoms with Crippen LogP contribution in [0.25, 0.3) is 0 Å². The van der Waals surface area contributed by atoms with Crippen LogP contribution >= 0.6 is 0 Å². The van der Waals surface area contributed by atoms with Crippen LogP contribution < -0.4 is 5.32 Å². The minimum atomic E-state index is -1.64. The number of hydrogen-bond donors (Lipinski definition) is 1. The third kappa shape index (κ3) is 4.73. The van der Waals surface area contributed by atoms with Gasteiger partial charge in [-0.05, 0) is 53.3 Å². The first-order chi connectivity index (χ1) is 17.7. The second kappa shape index (κ2) is 9.87. The van der Waals surface area contributed by atoms with E-state index in [1.807, 2.05) is 12.1 Å². The van der Waals surface area contributed by atoms with Crippen LogP contribution in [0.3, 0.4) is 0 Å². The molecule has 0 aliphatic carbocycles. The third-order valence-electron chi connectivity index (χ3n) is 7.47. The summed E-state index contributed by atoms with van der Waals surface area (Å²) < 4.78 is 61.7. The van der Waals surface area contributed by atoms with Crippen molar-refractivity contribution in [2.45, 2.75) is 44.1 Å². The Bertz CT molecular complexity index is 1310. The highest BCUT2D eigenvalue weighted by molar-refractivity contribution is 5.75. The lowest BCUT2D eigenvalue weighted by Crippen LogP contribution is -2.48. The van der Waals surface area contributed by atoms with Gasteiger partial charge in [-0.1, -0.05) is 30.3 Å². The molecule has 9 heteroatoms. The van der Waals surface area contributed by atoms with E-state index in [4.69, 9.17) is 4.74 Å². The molecule has 0 bridgehead atoms. The van der Waals surface area contributed by atoms with Crippen molar-refractivity contribution >= 4 is 5.91 Å². The molecule has 1 atom stereocenters. The van der Waals surface area contributed by atoms with Crippen LogP contribution in [0.2, 0.25) is 0 Å². The maximum atomic E-state index is 14.5. The molecule has 1 aromatic heterocycles. The molecule has 3 heterocycles. The number of nitrogens with zero attached hydrogens (tertiary/aromatic N) is 2. The minimum Gasteiger partial charge on any atom is -0.365 e. The highest BCUT2D eigenvalue weighted by Crippen LogP contribution is 2.44. The van der Waals surface area contributed by atoms with E-state index in [9.17, 15) is 22.4 Å². The number of alkyl halides is 1. The second-order valence-electron chi connectivity index (χ2n) is 9.77. The first-order valence-corrected chi connectivity index (χ1v) is 12.2. The van der Waals surface area contributed by atoms with Crippen molar-refractivity contribution in [3.8, 4) is 0 Å². The molecule has 2 aromatic carbocycles. The quantitative estimate of drug-likeness (QED) is 0.378. The molecule has 5 nitrogen and oxygen atoms in total. The molecular weight excluding hydrogens is 486 g/mol. The summed E-state index contributed by atoms with van der Waals surface area (Å²) in [5.74, 6) is -3.16. The highest BCUT2D eigenvalue weighted by Gasteiger charge is 2.43. The number of amides is 1. The maximum Gasteiger partial charge on any atom is 0.217 e. The van der Waals surface area contributed by atoms with Crippen LogP contribution in [-0.4, -0.2) is 35.6 Å². The van der Waals surface area contributed by atoms with Gasteiger partial charge in [-0.15, -0.1) is 0 Å². The van der Waals surface area contributed by atoms with Crippen LogP contribution in [-0.2, 0) is 33.8 Å². The van der Waals surface area contributed by atoms with E-state index in [0.29, 0.717) is 18.7 Å². The van der Waals surface area contributed by atoms with Gasteiger partial charge in [-0.25, -0.2) is 18.2 Å². The predicted octanol–water partition coefficient (Wildman–Crippen LogP) is 4.87. The van der Waals surface area contributed by atoms with Gasteiger partial charge < -0.3 is 10.1 Å². The Labute approximate surface area is 212 Å². The summed E-state index contributed by atoms with van der Waals surface area (Å²) >= 11 is 0. The van der Waals surface area contributed by atoms with E-state index < -0.39 is 41.3 Å². The molecule has 1 saturated heterocycles. The highest BCUT2D eigenvalue weighted by atomic mass is 19.2. The average Bonchev–Trinajstić information content (AvgIpc) is 3.23. The van der Waals surface area contributed by atoms with Crippen LogP contribution in [0, 0.1) is 17.6 Å². The van der Waals surface area contributed by atoms with Gasteiger partial charge in [0, 0.05) is 38.3 Å². The molecule has 1 amide bonds. The Balaban J connectivity index is 1.31. The van der Waals surface area contributed by atoms with Gasteiger partial charge in [0.1, 0.15) is 12.2 Å². The Hall–Kier alpha value is -3.30. The van der Waals surface area contributed by atoms with Gasteiger partial charge in [0.25, 0.3) is 0 Å². The van der Waals surface area contributed by atoms with Crippen molar-refractivity contribution in [1.29, 1.82) is 0 Å². The first-order valence-electron chi connectivity index (χ1n) is 12.2. The lowest BCUT2D eigenvalue weighted by molar-refractivity contribution is -0.120. The standard InChI is InChI=1S/C28H27F4N3O2/c1-18(36)34-28(17-29,22-6-7-24(30)25(31)13-22)21-4-2-19(3-5-21)15-35-10-8-27(9-11-35)23-14-33-26(32)12-20(23)16-37-27/h2-7,12-14H,8-11,15-17H2,1H3,(H,34,36). The first kappa shape index (κ1) is 25.4. The summed E-state index contributed by atoms with van der Waals surface area (Å²) in [5.41, 5.74) is 1.27. The molecule has 5 rings (SSSR count). The number of carbonyl (C=O) groups is 1. The number of likely N-dealkylation sites (tertiary alicyclic amines) is 1. The fourth-order valence-corrected chi connectivity index (χ4v) is 5.49. The number of aromatic nitrogens is 1. The Kier molecular flexibility index (Phi) is 6.76. The second-order valence-corrected chi connectivity index (χ2v) is 9.77. The molecule has 1 unspecified atom stereocenters. The molecule has 0 saturated carbocycles. The molecule has 2 aliphatic heterocycles. The van der Waals surface area contributed by atoms with E-state index in [1.54, 1.807) is 18.3 Å². The summed E-state index contributed by atoms with van der Waals surface area (Å²) in [6.07, 6.45) is 3.11. The molecule has 1 N–H and O–H groups in total. The smallest absolute Gasteiger partial charge is 0.217 e. The number of ether oxygens (including phenoxy) is 1. The lowest BCUT2D eigenvalue weighted by atomic mass is 9.83. The number of piperidine rings is 1. The number of benzene rings is 2. The van der Waals surface area contributed by atoms with Gasteiger partial charge in [0.15, 0.2) is 11.6 Å². The maximum absolute atomic E-state index is 14.5. The predicted molar refractivity (Wildman–Crippen MR) is 129 cm³/mol. The molecule has 194 valence electrons. The molecular formula is C28H27F4N3O2. The van der Waals surface area contributed by atoms with Crippen molar-refractivity contribution in [3.05, 3.63) is 100 Å². The summed E-state index contributed by atoms with van der Waals surface area (Å²) in [6.45, 7) is 2.80. The van der Waals surface area contributed by atoms with Gasteiger partial charge in [0.2, 0.25) is 11.9 Å². The van der Waals surface area contributed by atoms with Gasteiger partial charge in [-0.2, -0.15) is 4.39 Å². The van der Waals surface area contributed by atoms with Gasteiger partial charge in [-0.3, -0.25) is 9.69 Å². The van der Waals surface area contributed by atoms with Crippen molar-refractivity contribution in [1.82, 2.24) is 15.2 Å². The van der Waals surface area contributed by atoms with Crippen molar-refractivity contribution in [3.63, 3.8) is 0 Å². The van der Waals surface area contributed by atoms with Gasteiger partial charge in [0.05, 0.1) is 12.2 Å². The number of carbonyl (C=O) groups excluding carboxylic acids is 1. The third-order valence-corrected chi connectivity index (χ3v) is 7.47. The molecule has 1 fully saturated rings. The monoisotopic (exact) mass is 513 g/mol. The fraction of sp³-hybridized carbons (Fsp3) is 0.357. The van der Waals surface area contributed by atoms with Crippen molar-refractivity contribution in [2.24, 2.45) is 0 Å². The molecule has 3 aromatic rings. The van der Waals surface area contributed by atoms with Crippen molar-refractivity contribution < 1.29 is 27.1 Å². The van der Waals surface area contributed by atoms with Crippen LogP contribution in [0.1, 0.15) is 47.6 Å². The molecule has 37 heavy (non-hydrogen) atoms. The van der Waals surface area contributed by atoms with Crippen molar-refractivity contribution in [2.75, 3.05) is 19.8 Å². The summed E-state index contributed by atoms with van der Waals surface area (Å²) in [7, 11) is 0. The Morgan fingerprint density at radius 2 is 1.76 bits per heavy atom. The zero-order valence-electron chi connectivity index (χ0n) is 20.4. The van der Waals surface area contributed by atoms with E-state index in [-0.39, 0.29) is 5.56 Å². The van der Waals surface area contributed by atoms with Crippen LogP contribution in [0.5, 0.6) is 0 Å². The molecule has 1 spiro atoms. The normalized spacial score (nSPS) is 18.4. The van der Waals surface area contributed by atoms with E-state index >= 15 is 0 Å². The zero-order chi connectivity index (χ0) is 26.2.